The molecule has 3 aromatic rings. The van der Waals surface area contributed by atoms with Gasteiger partial charge in [-0.25, -0.2) is 4.79 Å². The van der Waals surface area contributed by atoms with Gasteiger partial charge >= 0.3 is 12.2 Å². The van der Waals surface area contributed by atoms with E-state index in [1.165, 1.54) is 38.5 Å². The quantitative estimate of drug-likeness (QED) is 0.368. The Labute approximate surface area is 197 Å². The van der Waals surface area contributed by atoms with E-state index in [0.717, 1.165) is 18.2 Å². The van der Waals surface area contributed by atoms with Crippen molar-refractivity contribution >= 4 is 40.6 Å². The Morgan fingerprint density at radius 2 is 1.55 bits per heavy atom. The van der Waals surface area contributed by atoms with Crippen molar-refractivity contribution in [3.8, 4) is 23.0 Å². The highest BCUT2D eigenvalue weighted by atomic mass is 35.5. The number of nitrogens with one attached hydrogen (secondary N) is 2. The van der Waals surface area contributed by atoms with Crippen LogP contribution in [0.5, 0.6) is 23.0 Å². The number of rotatable bonds is 6. The number of anilines is 2. The van der Waals surface area contributed by atoms with E-state index in [1.54, 1.807) is 12.1 Å². The van der Waals surface area contributed by atoms with Crippen LogP contribution in [0.1, 0.15) is 5.56 Å². The molecule has 0 aliphatic carbocycles. The number of carbonyl (C=O) groups excluding carboxylic acids is 1. The minimum atomic E-state index is -4.64. The number of urea groups is 1. The van der Waals surface area contributed by atoms with E-state index in [-0.39, 0.29) is 27.2 Å². The van der Waals surface area contributed by atoms with Gasteiger partial charge in [0.25, 0.3) is 0 Å². The first kappa shape index (κ1) is 24.3. The fraction of sp³-hybridized carbons (Fsp3) is 0.136. The first-order valence-electron chi connectivity index (χ1n) is 9.25. The van der Waals surface area contributed by atoms with Gasteiger partial charge < -0.3 is 24.8 Å². The lowest BCUT2D eigenvalue weighted by molar-refractivity contribution is -0.137. The maximum atomic E-state index is 13.2. The number of benzene rings is 3. The van der Waals surface area contributed by atoms with E-state index in [1.807, 2.05) is 0 Å². The highest BCUT2D eigenvalue weighted by molar-refractivity contribution is 6.42. The Morgan fingerprint density at radius 1 is 0.848 bits per heavy atom. The molecule has 0 spiro atoms. The molecule has 11 heteroatoms. The van der Waals surface area contributed by atoms with Crippen LogP contribution in [0, 0.1) is 0 Å². The highest BCUT2D eigenvalue weighted by Crippen LogP contribution is 2.40. The van der Waals surface area contributed by atoms with Gasteiger partial charge in [0.15, 0.2) is 17.2 Å². The molecular weight excluding hydrogens is 484 g/mol. The van der Waals surface area contributed by atoms with Gasteiger partial charge in [-0.2, -0.15) is 13.2 Å². The predicted molar refractivity (Wildman–Crippen MR) is 120 cm³/mol. The molecule has 6 nitrogen and oxygen atoms in total. The Morgan fingerprint density at radius 3 is 2.21 bits per heavy atom. The fourth-order valence-corrected chi connectivity index (χ4v) is 3.10. The molecule has 0 unspecified atom stereocenters. The molecule has 0 heterocycles. The maximum Gasteiger partial charge on any atom is 0.416 e. The van der Waals surface area contributed by atoms with Gasteiger partial charge in [0.2, 0.25) is 0 Å². The van der Waals surface area contributed by atoms with Gasteiger partial charge in [-0.3, -0.25) is 0 Å². The monoisotopic (exact) mass is 500 g/mol. The number of hydrogen-bond acceptors (Lipinski definition) is 4. The van der Waals surface area contributed by atoms with Crippen LogP contribution in [-0.2, 0) is 6.18 Å². The third-order valence-corrected chi connectivity index (χ3v) is 5.13. The van der Waals surface area contributed by atoms with Crippen LogP contribution in [0.15, 0.2) is 54.6 Å². The van der Waals surface area contributed by atoms with E-state index in [0.29, 0.717) is 17.2 Å². The summed E-state index contributed by atoms with van der Waals surface area (Å²) in [5.41, 5.74) is -0.898. The van der Waals surface area contributed by atoms with Crippen molar-refractivity contribution in [2.45, 2.75) is 6.18 Å². The molecule has 0 radical (unpaired) electrons. The molecule has 0 bridgehead atoms. The summed E-state index contributed by atoms with van der Waals surface area (Å²) in [6.45, 7) is 0. The number of ether oxygens (including phenoxy) is 3. The van der Waals surface area contributed by atoms with Crippen LogP contribution in [0.25, 0.3) is 0 Å². The predicted octanol–water partition coefficient (Wildman–Crippen LogP) is 7.47. The molecule has 0 saturated heterocycles. The van der Waals surface area contributed by atoms with Crippen molar-refractivity contribution in [2.75, 3.05) is 24.9 Å². The molecule has 3 rings (SSSR count). The number of halogens is 5. The lowest BCUT2D eigenvalue weighted by atomic mass is 10.1. The third-order valence-electron chi connectivity index (χ3n) is 4.33. The van der Waals surface area contributed by atoms with Crippen LogP contribution >= 0.6 is 23.2 Å². The first-order chi connectivity index (χ1) is 15.6. The van der Waals surface area contributed by atoms with Crippen molar-refractivity contribution in [3.63, 3.8) is 0 Å². The number of amides is 2. The summed E-state index contributed by atoms with van der Waals surface area (Å²) in [6.07, 6.45) is -4.64. The van der Waals surface area contributed by atoms with Crippen molar-refractivity contribution in [3.05, 3.63) is 70.2 Å². The number of methoxy groups -OCH3 is 2. The Balaban J connectivity index is 1.89. The topological polar surface area (TPSA) is 68.8 Å². The van der Waals surface area contributed by atoms with Crippen LogP contribution in [0.3, 0.4) is 0 Å². The van der Waals surface area contributed by atoms with E-state index < -0.39 is 17.8 Å². The standard InChI is InChI=1S/C22H17Cl2F3N2O4/c1-31-17-9-7-13(11-19(17)32-2)28-21(30)29-15-10-12(22(25,26)27)6-8-16(15)33-18-5-3-4-14(23)20(18)24/h3-11H,1-2H3,(H2,28,29,30). The van der Waals surface area contributed by atoms with Crippen LogP contribution < -0.4 is 24.8 Å². The minimum Gasteiger partial charge on any atom is -0.493 e. The zero-order chi connectivity index (χ0) is 24.2. The van der Waals surface area contributed by atoms with E-state index in [4.69, 9.17) is 37.4 Å². The normalized spacial score (nSPS) is 11.0. The zero-order valence-electron chi connectivity index (χ0n) is 17.2. The van der Waals surface area contributed by atoms with Crippen LogP contribution in [0.4, 0.5) is 29.3 Å². The van der Waals surface area contributed by atoms with Gasteiger partial charge in [-0.1, -0.05) is 29.3 Å². The molecule has 0 aliphatic heterocycles. The molecule has 0 atom stereocenters. The van der Waals surface area contributed by atoms with Gasteiger partial charge in [0.1, 0.15) is 10.8 Å². The number of carbonyl (C=O) groups is 1. The Hall–Kier alpha value is -3.30. The second-order valence-electron chi connectivity index (χ2n) is 6.51. The second kappa shape index (κ2) is 10.1. The van der Waals surface area contributed by atoms with E-state index in [2.05, 4.69) is 10.6 Å². The maximum absolute atomic E-state index is 13.2. The molecule has 0 fully saturated rings. The lowest BCUT2D eigenvalue weighted by Crippen LogP contribution is -2.20. The van der Waals surface area contributed by atoms with E-state index >= 15 is 0 Å². The third kappa shape index (κ3) is 5.94. The highest BCUT2D eigenvalue weighted by Gasteiger charge is 2.31. The average Bonchev–Trinajstić information content (AvgIpc) is 2.77. The fourth-order valence-electron chi connectivity index (χ4n) is 2.77. The summed E-state index contributed by atoms with van der Waals surface area (Å²) in [6, 6.07) is 11.0. The molecule has 3 aromatic carbocycles. The van der Waals surface area contributed by atoms with Crippen molar-refractivity contribution < 1.29 is 32.2 Å². The number of alkyl halides is 3. The molecule has 174 valence electrons. The molecule has 0 aromatic heterocycles. The zero-order valence-corrected chi connectivity index (χ0v) is 18.7. The summed E-state index contributed by atoms with van der Waals surface area (Å²) < 4.78 is 55.7. The summed E-state index contributed by atoms with van der Waals surface area (Å²) >= 11 is 12.1. The molecular formula is C22H17Cl2F3N2O4. The van der Waals surface area contributed by atoms with Crippen LogP contribution in [-0.4, -0.2) is 20.3 Å². The smallest absolute Gasteiger partial charge is 0.416 e. The molecule has 0 saturated carbocycles. The Kier molecular flexibility index (Phi) is 7.45. The van der Waals surface area contributed by atoms with Gasteiger partial charge in [0.05, 0.1) is 30.5 Å². The summed E-state index contributed by atoms with van der Waals surface area (Å²) in [4.78, 5) is 12.5. The van der Waals surface area contributed by atoms with Crippen molar-refractivity contribution in [1.29, 1.82) is 0 Å². The second-order valence-corrected chi connectivity index (χ2v) is 7.30. The molecule has 2 amide bonds. The van der Waals surface area contributed by atoms with Crippen LogP contribution in [0.2, 0.25) is 10.0 Å². The van der Waals surface area contributed by atoms with Crippen molar-refractivity contribution in [2.24, 2.45) is 0 Å². The van der Waals surface area contributed by atoms with Gasteiger partial charge in [-0.05, 0) is 42.5 Å². The largest absolute Gasteiger partial charge is 0.493 e. The lowest BCUT2D eigenvalue weighted by Gasteiger charge is -2.17. The minimum absolute atomic E-state index is 0.0693. The molecule has 33 heavy (non-hydrogen) atoms. The molecule has 2 N–H and O–H groups in total. The first-order valence-corrected chi connectivity index (χ1v) is 10.0. The van der Waals surface area contributed by atoms with Gasteiger partial charge in [-0.15, -0.1) is 0 Å². The average molecular weight is 501 g/mol. The number of hydrogen-bond donors (Lipinski definition) is 2. The summed E-state index contributed by atoms with van der Waals surface area (Å²) in [5, 5.41) is 5.15. The van der Waals surface area contributed by atoms with Gasteiger partial charge in [0, 0.05) is 11.8 Å². The van der Waals surface area contributed by atoms with Crippen molar-refractivity contribution in [1.82, 2.24) is 0 Å². The summed E-state index contributed by atoms with van der Waals surface area (Å²) in [5.74, 6) is 0.825. The molecule has 0 aliphatic rings. The SMILES string of the molecule is COc1ccc(NC(=O)Nc2cc(C(F)(F)F)ccc2Oc2cccc(Cl)c2Cl)cc1OC. The Bertz CT molecular complexity index is 1170. The summed E-state index contributed by atoms with van der Waals surface area (Å²) in [7, 11) is 2.88. The van der Waals surface area contributed by atoms with E-state index in [9.17, 15) is 18.0 Å².